The van der Waals surface area contributed by atoms with Crippen LogP contribution in [0.4, 0.5) is 0 Å². The lowest BCUT2D eigenvalue weighted by Crippen LogP contribution is -2.50. The number of methoxy groups -OCH3 is 1. The summed E-state index contributed by atoms with van der Waals surface area (Å²) in [5.74, 6) is 0.585. The van der Waals surface area contributed by atoms with Crippen molar-refractivity contribution in [2.45, 2.75) is 59.0 Å². The van der Waals surface area contributed by atoms with E-state index in [9.17, 15) is 9.59 Å². The van der Waals surface area contributed by atoms with E-state index in [1.165, 1.54) is 0 Å². The van der Waals surface area contributed by atoms with E-state index in [1.54, 1.807) is 14.0 Å². The molecule has 1 aliphatic heterocycles. The standard InChI is InChI=1S/C24H31NO5/c1-15-11-18(22-16(2)17(3)23(27)30-19(22)12-15)29-13-21(26)25-10-6-9-24(14-25)8-5-7-20(24)28-4/h11-12,20H,5-10,13-14H2,1-4H3/t20-,24+/m1/s1. The molecule has 2 aromatic rings. The topological polar surface area (TPSA) is 69.0 Å². The van der Waals surface area contributed by atoms with Crippen LogP contribution in [0, 0.1) is 26.2 Å². The summed E-state index contributed by atoms with van der Waals surface area (Å²) in [7, 11) is 1.78. The summed E-state index contributed by atoms with van der Waals surface area (Å²) < 4.78 is 17.2. The van der Waals surface area contributed by atoms with E-state index < -0.39 is 0 Å². The first kappa shape index (κ1) is 20.9. The van der Waals surface area contributed by atoms with Gasteiger partial charge in [0.1, 0.15) is 11.3 Å². The molecule has 1 saturated heterocycles. The minimum absolute atomic E-state index is 0.00255. The van der Waals surface area contributed by atoms with E-state index in [2.05, 4.69) is 0 Å². The highest BCUT2D eigenvalue weighted by Gasteiger charge is 2.46. The lowest BCUT2D eigenvalue weighted by Gasteiger charge is -2.43. The summed E-state index contributed by atoms with van der Waals surface area (Å²) in [5.41, 5.74) is 2.56. The number of ether oxygens (including phenoxy) is 2. The molecular formula is C24H31NO5. The number of nitrogens with zero attached hydrogens (tertiary/aromatic N) is 1. The van der Waals surface area contributed by atoms with Crippen molar-refractivity contribution in [3.05, 3.63) is 39.2 Å². The SMILES string of the molecule is CO[C@@H]1CCC[C@@]12CCCN(C(=O)COc1cc(C)cc3oc(=O)c(C)c(C)c13)C2. The van der Waals surface area contributed by atoms with Crippen LogP contribution in [-0.4, -0.2) is 43.7 Å². The third-order valence-electron chi connectivity index (χ3n) is 7.08. The van der Waals surface area contributed by atoms with Crippen molar-refractivity contribution in [2.75, 3.05) is 26.8 Å². The van der Waals surface area contributed by atoms with Gasteiger partial charge in [-0.3, -0.25) is 4.79 Å². The molecule has 30 heavy (non-hydrogen) atoms. The molecule has 0 bridgehead atoms. The molecule has 1 aliphatic carbocycles. The van der Waals surface area contributed by atoms with Gasteiger partial charge in [0, 0.05) is 31.2 Å². The highest BCUT2D eigenvalue weighted by atomic mass is 16.5. The van der Waals surface area contributed by atoms with Gasteiger partial charge in [-0.05, 0) is 69.7 Å². The molecule has 162 valence electrons. The maximum Gasteiger partial charge on any atom is 0.339 e. The van der Waals surface area contributed by atoms with Crippen LogP contribution >= 0.6 is 0 Å². The summed E-state index contributed by atoms with van der Waals surface area (Å²) in [4.78, 5) is 27.0. The number of benzene rings is 1. The molecule has 2 fully saturated rings. The Balaban J connectivity index is 1.54. The first-order valence-electron chi connectivity index (χ1n) is 10.8. The molecular weight excluding hydrogens is 382 g/mol. The number of carbonyl (C=O) groups excluding carboxylic acids is 1. The van der Waals surface area contributed by atoms with Crippen LogP contribution in [0.5, 0.6) is 5.75 Å². The molecule has 2 heterocycles. The van der Waals surface area contributed by atoms with Crippen LogP contribution in [0.2, 0.25) is 0 Å². The fraction of sp³-hybridized carbons (Fsp3) is 0.583. The van der Waals surface area contributed by atoms with Crippen molar-refractivity contribution >= 4 is 16.9 Å². The monoisotopic (exact) mass is 413 g/mol. The Labute approximate surface area is 177 Å². The van der Waals surface area contributed by atoms with Crippen LogP contribution in [0.15, 0.2) is 21.3 Å². The molecule has 1 amide bonds. The summed E-state index contributed by atoms with van der Waals surface area (Å²) in [6.45, 7) is 7.04. The highest BCUT2D eigenvalue weighted by molar-refractivity contribution is 5.88. The normalized spacial score (nSPS) is 24.0. The van der Waals surface area contributed by atoms with Gasteiger partial charge in [-0.25, -0.2) is 4.79 Å². The molecule has 2 atom stereocenters. The predicted octanol–water partition coefficient (Wildman–Crippen LogP) is 3.90. The fourth-order valence-corrected chi connectivity index (χ4v) is 5.35. The van der Waals surface area contributed by atoms with Gasteiger partial charge in [0.25, 0.3) is 5.91 Å². The van der Waals surface area contributed by atoms with Crippen molar-refractivity contribution in [1.82, 2.24) is 4.90 Å². The Morgan fingerprint density at radius 1 is 1.20 bits per heavy atom. The van der Waals surface area contributed by atoms with Crippen LogP contribution in [0.3, 0.4) is 0 Å². The molecule has 0 radical (unpaired) electrons. The van der Waals surface area contributed by atoms with Crippen molar-refractivity contribution < 1.29 is 18.7 Å². The Morgan fingerprint density at radius 3 is 2.73 bits per heavy atom. The smallest absolute Gasteiger partial charge is 0.339 e. The molecule has 1 saturated carbocycles. The van der Waals surface area contributed by atoms with Crippen LogP contribution < -0.4 is 10.4 Å². The lowest BCUT2D eigenvalue weighted by molar-refractivity contribution is -0.139. The summed E-state index contributed by atoms with van der Waals surface area (Å²) >= 11 is 0. The molecule has 4 rings (SSSR count). The molecule has 2 aliphatic rings. The number of fused-ring (bicyclic) bond motifs is 1. The van der Waals surface area contributed by atoms with Gasteiger partial charge in [0.2, 0.25) is 0 Å². The van der Waals surface area contributed by atoms with Crippen molar-refractivity contribution in [3.8, 4) is 5.75 Å². The number of likely N-dealkylation sites (tertiary alicyclic amines) is 1. The van der Waals surface area contributed by atoms with E-state index in [4.69, 9.17) is 13.9 Å². The lowest BCUT2D eigenvalue weighted by atomic mass is 9.76. The number of rotatable bonds is 4. The van der Waals surface area contributed by atoms with Crippen LogP contribution in [0.25, 0.3) is 11.0 Å². The number of hydrogen-bond acceptors (Lipinski definition) is 5. The zero-order valence-electron chi connectivity index (χ0n) is 18.4. The van der Waals surface area contributed by atoms with Crippen LogP contribution in [-0.2, 0) is 9.53 Å². The number of piperidine rings is 1. The minimum Gasteiger partial charge on any atom is -0.483 e. The van der Waals surface area contributed by atoms with Crippen molar-refractivity contribution in [1.29, 1.82) is 0 Å². The molecule has 1 spiro atoms. The number of amides is 1. The van der Waals surface area contributed by atoms with E-state index in [1.807, 2.05) is 30.9 Å². The van der Waals surface area contributed by atoms with E-state index in [0.717, 1.165) is 61.7 Å². The molecule has 0 unspecified atom stereocenters. The molecule has 6 heteroatoms. The molecule has 1 aromatic carbocycles. The first-order chi connectivity index (χ1) is 14.3. The van der Waals surface area contributed by atoms with Gasteiger partial charge >= 0.3 is 5.63 Å². The predicted molar refractivity (Wildman–Crippen MR) is 115 cm³/mol. The summed E-state index contributed by atoms with van der Waals surface area (Å²) in [6.07, 6.45) is 5.72. The Kier molecular flexibility index (Phi) is 5.62. The minimum atomic E-state index is -0.337. The van der Waals surface area contributed by atoms with Gasteiger partial charge in [-0.2, -0.15) is 0 Å². The summed E-state index contributed by atoms with van der Waals surface area (Å²) in [6, 6.07) is 3.73. The van der Waals surface area contributed by atoms with Gasteiger partial charge in [0.15, 0.2) is 6.61 Å². The second-order valence-electron chi connectivity index (χ2n) is 8.96. The van der Waals surface area contributed by atoms with Crippen molar-refractivity contribution in [3.63, 3.8) is 0 Å². The maximum atomic E-state index is 13.0. The Morgan fingerprint density at radius 2 is 1.97 bits per heavy atom. The van der Waals surface area contributed by atoms with Crippen molar-refractivity contribution in [2.24, 2.45) is 5.41 Å². The average molecular weight is 414 g/mol. The number of hydrogen-bond donors (Lipinski definition) is 0. The van der Waals surface area contributed by atoms with Crippen LogP contribution in [0.1, 0.15) is 48.8 Å². The fourth-order valence-electron chi connectivity index (χ4n) is 5.35. The molecule has 6 nitrogen and oxygen atoms in total. The third kappa shape index (κ3) is 3.62. The second kappa shape index (κ2) is 8.06. The number of carbonyl (C=O) groups is 1. The Hall–Kier alpha value is -2.34. The van der Waals surface area contributed by atoms with Gasteiger partial charge in [-0.1, -0.05) is 6.42 Å². The van der Waals surface area contributed by atoms with E-state index >= 15 is 0 Å². The third-order valence-corrected chi connectivity index (χ3v) is 7.08. The quantitative estimate of drug-likeness (QED) is 0.711. The average Bonchev–Trinajstić information content (AvgIpc) is 3.11. The zero-order valence-corrected chi connectivity index (χ0v) is 18.4. The van der Waals surface area contributed by atoms with Gasteiger partial charge in [0.05, 0.1) is 11.5 Å². The zero-order chi connectivity index (χ0) is 21.5. The Bertz CT molecular complexity index is 1030. The van der Waals surface area contributed by atoms with E-state index in [-0.39, 0.29) is 29.7 Å². The highest BCUT2D eigenvalue weighted by Crippen LogP contribution is 2.46. The maximum absolute atomic E-state index is 13.0. The first-order valence-corrected chi connectivity index (χ1v) is 10.8. The van der Waals surface area contributed by atoms with Gasteiger partial charge in [-0.15, -0.1) is 0 Å². The number of aryl methyl sites for hydroxylation is 2. The van der Waals surface area contributed by atoms with Gasteiger partial charge < -0.3 is 18.8 Å². The van der Waals surface area contributed by atoms with E-state index in [0.29, 0.717) is 16.9 Å². The molecule has 1 aromatic heterocycles. The largest absolute Gasteiger partial charge is 0.483 e. The second-order valence-corrected chi connectivity index (χ2v) is 8.96. The summed E-state index contributed by atoms with van der Waals surface area (Å²) in [5, 5.41) is 0.760. The molecule has 0 N–H and O–H groups in total.